The second-order valence-corrected chi connectivity index (χ2v) is 8.72. The molecule has 1 fully saturated rings. The van der Waals surface area contributed by atoms with Crippen molar-refractivity contribution >= 4 is 28.9 Å². The Morgan fingerprint density at radius 3 is 2.66 bits per heavy atom. The van der Waals surface area contributed by atoms with Crippen LogP contribution < -0.4 is 4.90 Å². The summed E-state index contributed by atoms with van der Waals surface area (Å²) in [4.78, 5) is 26.7. The lowest BCUT2D eigenvalue weighted by atomic mass is 10.1. The lowest BCUT2D eigenvalue weighted by molar-refractivity contribution is -0.117. The van der Waals surface area contributed by atoms with Gasteiger partial charge in [0.1, 0.15) is 4.88 Å². The highest BCUT2D eigenvalue weighted by Gasteiger charge is 2.30. The van der Waals surface area contributed by atoms with Gasteiger partial charge < -0.3 is 10.0 Å². The third-order valence-corrected chi connectivity index (χ3v) is 6.43. The third-order valence-electron chi connectivity index (χ3n) is 5.34. The van der Waals surface area contributed by atoms with Gasteiger partial charge in [0, 0.05) is 17.0 Å². The van der Waals surface area contributed by atoms with Gasteiger partial charge in [-0.3, -0.25) is 4.79 Å². The first kappa shape index (κ1) is 21.3. The van der Waals surface area contributed by atoms with Gasteiger partial charge in [-0.15, -0.1) is 11.3 Å². The van der Waals surface area contributed by atoms with Crippen LogP contribution in [0.4, 0.5) is 5.69 Å². The van der Waals surface area contributed by atoms with Crippen LogP contribution in [0.3, 0.4) is 0 Å². The molecule has 4 nitrogen and oxygen atoms in total. The Hall–Kier alpha value is -2.40. The number of carbonyl (C=O) groups is 2. The number of aromatic carboxylic acids is 1. The second-order valence-electron chi connectivity index (χ2n) is 7.55. The molecule has 29 heavy (non-hydrogen) atoms. The number of benzene rings is 1. The fourth-order valence-electron chi connectivity index (χ4n) is 3.75. The van der Waals surface area contributed by atoms with E-state index < -0.39 is 5.97 Å². The Morgan fingerprint density at radius 2 is 1.97 bits per heavy atom. The maximum atomic E-state index is 12.5. The molecule has 1 N–H and O–H groups in total. The normalized spacial score (nSPS) is 16.8. The lowest BCUT2D eigenvalue weighted by Crippen LogP contribution is -2.31. The van der Waals surface area contributed by atoms with Gasteiger partial charge in [0.2, 0.25) is 5.91 Å². The smallest absolute Gasteiger partial charge is 0.345 e. The third kappa shape index (κ3) is 5.80. The molecule has 0 spiro atoms. The van der Waals surface area contributed by atoms with E-state index in [0.717, 1.165) is 23.4 Å². The van der Waals surface area contributed by atoms with Crippen LogP contribution in [0.15, 0.2) is 48.6 Å². The van der Waals surface area contributed by atoms with Crippen LogP contribution in [-0.4, -0.2) is 23.0 Å². The number of thiophene rings is 1. The van der Waals surface area contributed by atoms with Crippen molar-refractivity contribution in [1.82, 2.24) is 0 Å². The van der Waals surface area contributed by atoms with Gasteiger partial charge in [0.25, 0.3) is 0 Å². The number of carbonyl (C=O) groups excluding carboxylic acids is 1. The largest absolute Gasteiger partial charge is 0.477 e. The highest BCUT2D eigenvalue weighted by atomic mass is 32.1. The number of amides is 1. The van der Waals surface area contributed by atoms with Crippen LogP contribution >= 0.6 is 11.3 Å². The number of hydrogen-bond donors (Lipinski definition) is 1. The highest BCUT2D eigenvalue weighted by molar-refractivity contribution is 7.13. The number of carboxylic acid groups (broad SMARTS) is 1. The minimum Gasteiger partial charge on any atom is -0.477 e. The summed E-state index contributed by atoms with van der Waals surface area (Å²) in [7, 11) is 0. The minimum atomic E-state index is -0.883. The molecule has 5 heteroatoms. The number of unbranched alkanes of at least 4 members (excludes halogenated alkanes) is 3. The Bertz CT molecular complexity index is 853. The Morgan fingerprint density at radius 1 is 1.17 bits per heavy atom. The predicted molar refractivity (Wildman–Crippen MR) is 119 cm³/mol. The standard InChI is InChI=1S/C24H29NO3S/c1-2-3-4-5-7-18-10-12-20(13-11-18)25-19(14-17-23(25)26)8-6-9-21-15-16-22(29-21)24(27)28/h6,8,10-13,15-16,19H,2-5,7,9,14,17H2,1H3,(H,27,28)/t19-/m0/s1. The van der Waals surface area contributed by atoms with Crippen molar-refractivity contribution in [2.75, 3.05) is 4.90 Å². The number of allylic oxidation sites excluding steroid dienone is 1. The molecule has 0 aliphatic carbocycles. The Balaban J connectivity index is 1.59. The average Bonchev–Trinajstić information content (AvgIpc) is 3.33. The maximum absolute atomic E-state index is 12.5. The molecule has 1 aromatic carbocycles. The van der Waals surface area contributed by atoms with Crippen LogP contribution in [0, 0.1) is 0 Å². The predicted octanol–water partition coefficient (Wildman–Crippen LogP) is 5.86. The van der Waals surface area contributed by atoms with E-state index >= 15 is 0 Å². The molecule has 0 saturated carbocycles. The number of rotatable bonds is 10. The molecule has 0 unspecified atom stereocenters. The van der Waals surface area contributed by atoms with Gasteiger partial charge >= 0.3 is 5.97 Å². The van der Waals surface area contributed by atoms with E-state index in [1.807, 2.05) is 11.0 Å². The van der Waals surface area contributed by atoms with Crippen molar-refractivity contribution in [1.29, 1.82) is 0 Å². The molecule has 2 heterocycles. The van der Waals surface area contributed by atoms with Crippen LogP contribution in [0.2, 0.25) is 0 Å². The number of anilines is 1. The van der Waals surface area contributed by atoms with Crippen molar-refractivity contribution in [2.45, 2.75) is 64.3 Å². The van der Waals surface area contributed by atoms with Crippen LogP contribution in [0.5, 0.6) is 0 Å². The Labute approximate surface area is 176 Å². The highest BCUT2D eigenvalue weighted by Crippen LogP contribution is 2.28. The van der Waals surface area contributed by atoms with E-state index in [1.165, 1.54) is 42.6 Å². The van der Waals surface area contributed by atoms with Crippen molar-refractivity contribution < 1.29 is 14.7 Å². The maximum Gasteiger partial charge on any atom is 0.345 e. The fraction of sp³-hybridized carbons (Fsp3) is 0.417. The van der Waals surface area contributed by atoms with Gasteiger partial charge in [-0.2, -0.15) is 0 Å². The number of nitrogens with zero attached hydrogens (tertiary/aromatic N) is 1. The van der Waals surface area contributed by atoms with E-state index in [1.54, 1.807) is 6.07 Å². The molecule has 154 valence electrons. The molecule has 1 amide bonds. The van der Waals surface area contributed by atoms with E-state index in [9.17, 15) is 9.59 Å². The number of carboxylic acids is 1. The van der Waals surface area contributed by atoms with E-state index in [2.05, 4.69) is 43.3 Å². The summed E-state index contributed by atoms with van der Waals surface area (Å²) in [5.74, 6) is -0.716. The van der Waals surface area contributed by atoms with Gasteiger partial charge in [0.15, 0.2) is 0 Å². The number of hydrogen-bond acceptors (Lipinski definition) is 3. The zero-order chi connectivity index (χ0) is 20.6. The molecular formula is C24H29NO3S. The summed E-state index contributed by atoms with van der Waals surface area (Å²) in [6.45, 7) is 2.22. The summed E-state index contributed by atoms with van der Waals surface area (Å²) in [6.07, 6.45) is 12.3. The quantitative estimate of drug-likeness (QED) is 0.393. The molecule has 2 aromatic rings. The first-order valence-corrected chi connectivity index (χ1v) is 11.3. The van der Waals surface area contributed by atoms with Crippen LogP contribution in [0.25, 0.3) is 0 Å². The lowest BCUT2D eigenvalue weighted by Gasteiger charge is -2.23. The zero-order valence-corrected chi connectivity index (χ0v) is 17.8. The Kier molecular flexibility index (Phi) is 7.64. The summed E-state index contributed by atoms with van der Waals surface area (Å²) in [5.41, 5.74) is 2.29. The second kappa shape index (κ2) is 10.4. The van der Waals surface area contributed by atoms with Crippen LogP contribution in [0.1, 0.15) is 65.6 Å². The van der Waals surface area contributed by atoms with E-state index in [4.69, 9.17) is 5.11 Å². The molecule has 1 aromatic heterocycles. The SMILES string of the molecule is CCCCCCc1ccc(N2C(=O)CC[C@@H]2C=CCc2ccc(C(=O)O)s2)cc1. The van der Waals surface area contributed by atoms with E-state index in [-0.39, 0.29) is 11.9 Å². The molecule has 1 atom stereocenters. The summed E-state index contributed by atoms with van der Waals surface area (Å²) in [6, 6.07) is 12.0. The van der Waals surface area contributed by atoms with E-state index in [0.29, 0.717) is 17.7 Å². The number of aryl methyl sites for hydroxylation is 1. The van der Waals surface area contributed by atoms with Crippen molar-refractivity contribution in [3.63, 3.8) is 0 Å². The van der Waals surface area contributed by atoms with Gasteiger partial charge in [-0.05, 0) is 55.5 Å². The van der Waals surface area contributed by atoms with Crippen LogP contribution in [-0.2, 0) is 17.6 Å². The molecule has 0 radical (unpaired) electrons. The minimum absolute atomic E-state index is 0.0665. The molecule has 1 saturated heterocycles. The molecule has 0 bridgehead atoms. The fourth-order valence-corrected chi connectivity index (χ4v) is 4.57. The van der Waals surface area contributed by atoms with Crippen molar-refractivity contribution in [3.8, 4) is 0 Å². The average molecular weight is 412 g/mol. The topological polar surface area (TPSA) is 57.6 Å². The molecule has 1 aliphatic heterocycles. The van der Waals surface area contributed by atoms with Gasteiger partial charge in [-0.25, -0.2) is 4.79 Å². The monoisotopic (exact) mass is 411 g/mol. The molecule has 1 aliphatic rings. The van der Waals surface area contributed by atoms with Crippen molar-refractivity contribution in [2.24, 2.45) is 0 Å². The molecular weight excluding hydrogens is 382 g/mol. The van der Waals surface area contributed by atoms with Gasteiger partial charge in [-0.1, -0.05) is 50.5 Å². The molecule has 3 rings (SSSR count). The van der Waals surface area contributed by atoms with Gasteiger partial charge in [0.05, 0.1) is 6.04 Å². The summed E-state index contributed by atoms with van der Waals surface area (Å²) < 4.78 is 0. The van der Waals surface area contributed by atoms with Crippen molar-refractivity contribution in [3.05, 3.63) is 63.9 Å². The summed E-state index contributed by atoms with van der Waals surface area (Å²) in [5, 5.41) is 9.03. The zero-order valence-electron chi connectivity index (χ0n) is 17.0. The summed E-state index contributed by atoms with van der Waals surface area (Å²) >= 11 is 1.30. The first-order valence-electron chi connectivity index (χ1n) is 10.5. The first-order chi connectivity index (χ1) is 14.1.